The molecule has 0 aliphatic heterocycles. The summed E-state index contributed by atoms with van der Waals surface area (Å²) in [5.74, 6) is 1.51. The standard InChI is InChI=1S/C12H21ClO/c1-2-3-4-10-5-7-11(8-6-10)9-12(13)14/h10-11H,2-9H2,1H3/t10-,11-. The van der Waals surface area contributed by atoms with Gasteiger partial charge < -0.3 is 0 Å². The zero-order valence-corrected chi connectivity index (χ0v) is 9.85. The first kappa shape index (κ1) is 12.0. The molecule has 1 saturated carbocycles. The first-order chi connectivity index (χ1) is 6.72. The van der Waals surface area contributed by atoms with Gasteiger partial charge in [0, 0.05) is 6.42 Å². The Morgan fingerprint density at radius 1 is 1.21 bits per heavy atom. The van der Waals surface area contributed by atoms with Gasteiger partial charge in [0.05, 0.1) is 0 Å². The Kier molecular flexibility index (Phi) is 5.54. The molecule has 0 spiro atoms. The second kappa shape index (κ2) is 6.44. The van der Waals surface area contributed by atoms with Gasteiger partial charge in [0.1, 0.15) is 0 Å². The Hall–Kier alpha value is -0.0400. The number of hydrogen-bond acceptors (Lipinski definition) is 1. The highest BCUT2D eigenvalue weighted by molar-refractivity contribution is 6.63. The molecule has 1 rings (SSSR count). The van der Waals surface area contributed by atoms with E-state index < -0.39 is 0 Å². The summed E-state index contributed by atoms with van der Waals surface area (Å²) in [5.41, 5.74) is 0. The van der Waals surface area contributed by atoms with E-state index in [0.29, 0.717) is 12.3 Å². The molecule has 1 nitrogen and oxygen atoms in total. The molecule has 1 fully saturated rings. The van der Waals surface area contributed by atoms with Crippen LogP contribution in [-0.2, 0) is 4.79 Å². The molecule has 0 aromatic rings. The lowest BCUT2D eigenvalue weighted by Crippen LogP contribution is -2.16. The predicted octanol–water partition coefficient (Wildman–Crippen LogP) is 4.14. The average Bonchev–Trinajstić information content (AvgIpc) is 2.16. The van der Waals surface area contributed by atoms with Gasteiger partial charge in [-0.1, -0.05) is 39.0 Å². The number of hydrogen-bond donors (Lipinski definition) is 0. The molecule has 0 amide bonds. The highest BCUT2D eigenvalue weighted by atomic mass is 35.5. The van der Waals surface area contributed by atoms with Crippen LogP contribution in [0.3, 0.4) is 0 Å². The maximum absolute atomic E-state index is 10.7. The minimum Gasteiger partial charge on any atom is -0.281 e. The van der Waals surface area contributed by atoms with E-state index in [4.69, 9.17) is 11.6 Å². The van der Waals surface area contributed by atoms with Crippen molar-refractivity contribution in [3.8, 4) is 0 Å². The summed E-state index contributed by atoms with van der Waals surface area (Å²) in [4.78, 5) is 10.7. The molecule has 0 unspecified atom stereocenters. The van der Waals surface area contributed by atoms with E-state index in [9.17, 15) is 4.79 Å². The molecule has 0 bridgehead atoms. The summed E-state index contributed by atoms with van der Waals surface area (Å²) in [7, 11) is 0. The van der Waals surface area contributed by atoms with Crippen LogP contribution >= 0.6 is 11.6 Å². The van der Waals surface area contributed by atoms with E-state index >= 15 is 0 Å². The largest absolute Gasteiger partial charge is 0.281 e. The van der Waals surface area contributed by atoms with Crippen LogP contribution in [0.15, 0.2) is 0 Å². The van der Waals surface area contributed by atoms with E-state index in [0.717, 1.165) is 5.92 Å². The van der Waals surface area contributed by atoms with Crippen LogP contribution in [0.4, 0.5) is 0 Å². The third kappa shape index (κ3) is 4.45. The Balaban J connectivity index is 2.14. The molecular formula is C12H21ClO. The normalized spacial score (nSPS) is 27.6. The van der Waals surface area contributed by atoms with Crippen molar-refractivity contribution in [2.24, 2.45) is 11.8 Å². The average molecular weight is 217 g/mol. The highest BCUT2D eigenvalue weighted by Gasteiger charge is 2.21. The van der Waals surface area contributed by atoms with Gasteiger partial charge in [0.2, 0.25) is 5.24 Å². The van der Waals surface area contributed by atoms with Crippen LogP contribution in [0.25, 0.3) is 0 Å². The van der Waals surface area contributed by atoms with Gasteiger partial charge in [-0.25, -0.2) is 0 Å². The summed E-state index contributed by atoms with van der Waals surface area (Å²) in [6, 6.07) is 0. The fourth-order valence-corrected chi connectivity index (χ4v) is 2.66. The highest BCUT2D eigenvalue weighted by Crippen LogP contribution is 2.33. The number of carbonyl (C=O) groups excluding carboxylic acids is 1. The molecule has 82 valence electrons. The van der Waals surface area contributed by atoms with Crippen molar-refractivity contribution in [1.82, 2.24) is 0 Å². The second-order valence-corrected chi connectivity index (χ2v) is 5.01. The third-order valence-electron chi connectivity index (χ3n) is 3.38. The Morgan fingerprint density at radius 3 is 2.29 bits per heavy atom. The second-order valence-electron chi connectivity index (χ2n) is 4.59. The van der Waals surface area contributed by atoms with Crippen molar-refractivity contribution < 1.29 is 4.79 Å². The van der Waals surface area contributed by atoms with Gasteiger partial charge >= 0.3 is 0 Å². The van der Waals surface area contributed by atoms with Crippen molar-refractivity contribution in [3.63, 3.8) is 0 Å². The van der Waals surface area contributed by atoms with Crippen LogP contribution in [-0.4, -0.2) is 5.24 Å². The van der Waals surface area contributed by atoms with E-state index in [1.165, 1.54) is 44.9 Å². The molecule has 1 aliphatic carbocycles. The van der Waals surface area contributed by atoms with Gasteiger partial charge in [-0.15, -0.1) is 0 Å². The molecular weight excluding hydrogens is 196 g/mol. The van der Waals surface area contributed by atoms with Crippen LogP contribution in [0.5, 0.6) is 0 Å². The molecule has 0 saturated heterocycles. The monoisotopic (exact) mass is 216 g/mol. The number of rotatable bonds is 5. The molecule has 0 radical (unpaired) electrons. The maximum atomic E-state index is 10.7. The van der Waals surface area contributed by atoms with Crippen LogP contribution in [0.2, 0.25) is 0 Å². The first-order valence-corrected chi connectivity index (χ1v) is 6.28. The minimum absolute atomic E-state index is 0.151. The molecule has 0 N–H and O–H groups in total. The number of halogens is 1. The zero-order chi connectivity index (χ0) is 10.4. The maximum Gasteiger partial charge on any atom is 0.221 e. The van der Waals surface area contributed by atoms with Gasteiger partial charge in [-0.3, -0.25) is 4.79 Å². The summed E-state index contributed by atoms with van der Waals surface area (Å²) >= 11 is 5.39. The van der Waals surface area contributed by atoms with Gasteiger partial charge in [-0.05, 0) is 36.3 Å². The molecule has 0 heterocycles. The molecule has 0 atom stereocenters. The van der Waals surface area contributed by atoms with E-state index in [-0.39, 0.29) is 5.24 Å². The van der Waals surface area contributed by atoms with E-state index in [1.807, 2.05) is 0 Å². The van der Waals surface area contributed by atoms with Crippen molar-refractivity contribution in [2.75, 3.05) is 0 Å². The Labute approximate surface area is 92.2 Å². The molecule has 14 heavy (non-hydrogen) atoms. The topological polar surface area (TPSA) is 17.1 Å². The summed E-state index contributed by atoms with van der Waals surface area (Å²) in [5, 5.41) is -0.151. The fourth-order valence-electron chi connectivity index (χ4n) is 2.44. The Morgan fingerprint density at radius 2 is 1.79 bits per heavy atom. The Bertz CT molecular complexity index is 171. The molecule has 0 aromatic carbocycles. The van der Waals surface area contributed by atoms with Crippen molar-refractivity contribution >= 4 is 16.8 Å². The quantitative estimate of drug-likeness (QED) is 0.632. The van der Waals surface area contributed by atoms with Crippen LogP contribution < -0.4 is 0 Å². The molecule has 2 heteroatoms. The van der Waals surface area contributed by atoms with Crippen LogP contribution in [0, 0.1) is 11.8 Å². The summed E-state index contributed by atoms with van der Waals surface area (Å²) in [6.45, 7) is 2.25. The van der Waals surface area contributed by atoms with Crippen molar-refractivity contribution in [2.45, 2.75) is 58.3 Å². The van der Waals surface area contributed by atoms with E-state index in [2.05, 4.69) is 6.92 Å². The minimum atomic E-state index is -0.151. The van der Waals surface area contributed by atoms with Gasteiger partial charge in [0.15, 0.2) is 0 Å². The molecule has 1 aliphatic rings. The summed E-state index contributed by atoms with van der Waals surface area (Å²) in [6.07, 6.45) is 9.72. The molecule has 0 aromatic heterocycles. The lowest BCUT2D eigenvalue weighted by atomic mass is 9.79. The van der Waals surface area contributed by atoms with Gasteiger partial charge in [-0.2, -0.15) is 0 Å². The van der Waals surface area contributed by atoms with Gasteiger partial charge in [0.25, 0.3) is 0 Å². The first-order valence-electron chi connectivity index (χ1n) is 5.90. The predicted molar refractivity (Wildman–Crippen MR) is 60.5 cm³/mol. The third-order valence-corrected chi connectivity index (χ3v) is 3.54. The summed E-state index contributed by atoms with van der Waals surface area (Å²) < 4.78 is 0. The lowest BCUT2D eigenvalue weighted by molar-refractivity contribution is -0.112. The number of carbonyl (C=O) groups is 1. The number of unbranched alkanes of at least 4 members (excludes halogenated alkanes) is 1. The van der Waals surface area contributed by atoms with Crippen LogP contribution in [0.1, 0.15) is 58.3 Å². The van der Waals surface area contributed by atoms with E-state index in [1.54, 1.807) is 0 Å². The van der Waals surface area contributed by atoms with Crippen molar-refractivity contribution in [3.05, 3.63) is 0 Å². The van der Waals surface area contributed by atoms with Crippen molar-refractivity contribution in [1.29, 1.82) is 0 Å². The smallest absolute Gasteiger partial charge is 0.221 e. The SMILES string of the molecule is CCCC[C@H]1CC[C@H](CC(=O)Cl)CC1. The zero-order valence-electron chi connectivity index (χ0n) is 9.10. The fraction of sp³-hybridized carbons (Fsp3) is 0.917. The lowest BCUT2D eigenvalue weighted by Gasteiger charge is -2.27.